The summed E-state index contributed by atoms with van der Waals surface area (Å²) in [4.78, 5) is 0. The van der Waals surface area contributed by atoms with E-state index in [0.29, 0.717) is 0 Å². The summed E-state index contributed by atoms with van der Waals surface area (Å²) in [6, 6.07) is 0. The van der Waals surface area contributed by atoms with Gasteiger partial charge in [-0.05, 0) is 0 Å². The van der Waals surface area contributed by atoms with Crippen molar-refractivity contribution in [3.8, 4) is 0 Å². The van der Waals surface area contributed by atoms with Gasteiger partial charge in [0.15, 0.2) is 0 Å². The molecule has 0 fully saturated rings. The maximum atomic E-state index is 0. The third-order valence-electron chi connectivity index (χ3n) is 0. The van der Waals surface area contributed by atoms with Crippen LogP contribution >= 0.6 is 0 Å². The van der Waals surface area contributed by atoms with Crippen molar-refractivity contribution in [2.75, 3.05) is 0 Å². The molecular weight excluding hydrogens is 125 g/mol. The predicted molar refractivity (Wildman–Crippen MR) is 3.24 cm³/mol. The van der Waals surface area contributed by atoms with Gasteiger partial charge in [0.1, 0.15) is 0 Å². The Labute approximate surface area is 39.5 Å². The average Bonchev–Trinajstić information content (AvgIpc) is 0. The molecule has 0 saturated heterocycles. The molecule has 0 aliphatic rings. The molecule has 0 heterocycles. The molecule has 0 aliphatic heterocycles. The van der Waals surface area contributed by atoms with E-state index < -0.39 is 0 Å². The van der Waals surface area contributed by atoms with Crippen molar-refractivity contribution in [2.24, 2.45) is 0 Å². The summed E-state index contributed by atoms with van der Waals surface area (Å²) in [7, 11) is 0. The molecule has 0 aromatic heterocycles. The molecule has 5 radical (unpaired) electrons. The zero-order valence-corrected chi connectivity index (χ0v) is 3.09. The van der Waals surface area contributed by atoms with Crippen LogP contribution in [0.2, 0.25) is 0 Å². The second-order valence-corrected chi connectivity index (χ2v) is 0. The fraction of sp³-hybridized carbons (Fsp3) is 0. The molecule has 0 bridgehead atoms. The second-order valence-electron chi connectivity index (χ2n) is 0. The standard InChI is InChI=1S/C.3FH.Fe/h;3*1H;/q;;;;+3/p-3. The predicted octanol–water partition coefficient (Wildman–Crippen LogP) is -8.91. The molecule has 0 saturated carbocycles. The Morgan fingerprint density at radius 2 is 0.600 bits per heavy atom. The molecule has 0 N–H and O–H groups in total. The van der Waals surface area contributed by atoms with Crippen LogP contribution in [-0.2, 0) is 17.1 Å². The molecule has 0 aromatic rings. The smallest absolute Gasteiger partial charge is 1.00 e. The molecular formula is CF3Fe. The van der Waals surface area contributed by atoms with Gasteiger partial charge >= 0.3 is 17.1 Å². The Morgan fingerprint density at radius 1 is 0.600 bits per heavy atom. The van der Waals surface area contributed by atoms with Crippen LogP contribution in [0.5, 0.6) is 0 Å². The van der Waals surface area contributed by atoms with Gasteiger partial charge in [-0.1, -0.05) is 0 Å². The first-order valence-electron chi connectivity index (χ1n) is 0. The van der Waals surface area contributed by atoms with E-state index in [-0.39, 0.29) is 38.6 Å². The minimum Gasteiger partial charge on any atom is -1.00 e. The van der Waals surface area contributed by atoms with Crippen molar-refractivity contribution in [1.29, 1.82) is 0 Å². The van der Waals surface area contributed by atoms with Gasteiger partial charge in [-0.25, -0.2) is 0 Å². The maximum Gasteiger partial charge on any atom is 3.00 e. The van der Waals surface area contributed by atoms with Crippen molar-refractivity contribution >= 4 is 0 Å². The molecule has 0 unspecified atom stereocenters. The Hall–Kier alpha value is 0.309. The van der Waals surface area contributed by atoms with Crippen LogP contribution < -0.4 is 14.1 Å². The average molecular weight is 125 g/mol. The normalized spacial score (nSPS) is 0. The Balaban J connectivity index is 0. The molecule has 0 spiro atoms. The van der Waals surface area contributed by atoms with E-state index in [1.807, 2.05) is 0 Å². The van der Waals surface area contributed by atoms with E-state index in [1.54, 1.807) is 0 Å². The van der Waals surface area contributed by atoms with Gasteiger partial charge in [0.2, 0.25) is 0 Å². The molecule has 33 valence electrons. The third-order valence-corrected chi connectivity index (χ3v) is 0. The third kappa shape index (κ3) is 240. The summed E-state index contributed by atoms with van der Waals surface area (Å²) in [6.07, 6.45) is 0. The summed E-state index contributed by atoms with van der Waals surface area (Å²) in [6.45, 7) is 0. The van der Waals surface area contributed by atoms with Crippen LogP contribution in [0.1, 0.15) is 0 Å². The van der Waals surface area contributed by atoms with Crippen LogP contribution in [-0.4, -0.2) is 0 Å². The fourth-order valence-corrected chi connectivity index (χ4v) is 0. The van der Waals surface area contributed by atoms with Gasteiger partial charge in [0.25, 0.3) is 0 Å². The van der Waals surface area contributed by atoms with Crippen LogP contribution in [0.15, 0.2) is 0 Å². The van der Waals surface area contributed by atoms with Crippen molar-refractivity contribution in [3.63, 3.8) is 0 Å². The molecule has 0 atom stereocenters. The van der Waals surface area contributed by atoms with Crippen LogP contribution in [0, 0.1) is 7.43 Å². The molecule has 0 nitrogen and oxygen atoms in total. The van der Waals surface area contributed by atoms with E-state index in [4.69, 9.17) is 0 Å². The summed E-state index contributed by atoms with van der Waals surface area (Å²) in [5.74, 6) is 0. The van der Waals surface area contributed by atoms with Crippen molar-refractivity contribution in [1.82, 2.24) is 0 Å². The van der Waals surface area contributed by atoms with Gasteiger partial charge in [-0.2, -0.15) is 0 Å². The van der Waals surface area contributed by atoms with Crippen LogP contribution in [0.25, 0.3) is 0 Å². The topological polar surface area (TPSA) is 0 Å². The SMILES string of the molecule is [C].[F-].[F-].[F-].[Fe+3]. The zero-order valence-electron chi connectivity index (χ0n) is 1.99. The number of rotatable bonds is 0. The van der Waals surface area contributed by atoms with Crippen LogP contribution in [0.3, 0.4) is 0 Å². The van der Waals surface area contributed by atoms with Crippen molar-refractivity contribution in [3.05, 3.63) is 7.43 Å². The van der Waals surface area contributed by atoms with E-state index in [2.05, 4.69) is 0 Å². The first kappa shape index (κ1) is 1030. The Morgan fingerprint density at radius 3 is 0.600 bits per heavy atom. The largest absolute Gasteiger partial charge is 3.00 e. The van der Waals surface area contributed by atoms with Gasteiger partial charge in [-0.15, -0.1) is 0 Å². The van der Waals surface area contributed by atoms with E-state index in [1.165, 1.54) is 0 Å². The Bertz CT molecular complexity index is 6.85. The molecule has 0 amide bonds. The van der Waals surface area contributed by atoms with E-state index in [0.717, 1.165) is 0 Å². The van der Waals surface area contributed by atoms with Crippen LogP contribution in [0.4, 0.5) is 0 Å². The minimum absolute atomic E-state index is 0. The first-order valence-corrected chi connectivity index (χ1v) is 0. The Kier molecular flexibility index (Phi) is 101000. The number of halogens is 3. The zero-order chi connectivity index (χ0) is 0. The minimum atomic E-state index is 0. The van der Waals surface area contributed by atoms with Crippen molar-refractivity contribution in [2.45, 2.75) is 0 Å². The van der Waals surface area contributed by atoms with E-state index in [9.17, 15) is 0 Å². The van der Waals surface area contributed by atoms with Gasteiger partial charge < -0.3 is 14.1 Å². The molecule has 0 aliphatic carbocycles. The van der Waals surface area contributed by atoms with Gasteiger partial charge in [0.05, 0.1) is 0 Å². The van der Waals surface area contributed by atoms with E-state index >= 15 is 0 Å². The second kappa shape index (κ2) is 493. The van der Waals surface area contributed by atoms with Crippen molar-refractivity contribution < 1.29 is 31.2 Å². The quantitative estimate of drug-likeness (QED) is 0.282. The van der Waals surface area contributed by atoms with Gasteiger partial charge in [-0.3, -0.25) is 0 Å². The molecule has 0 rings (SSSR count). The maximum absolute atomic E-state index is 0. The van der Waals surface area contributed by atoms with Gasteiger partial charge in [0, 0.05) is 7.43 Å². The summed E-state index contributed by atoms with van der Waals surface area (Å²) in [5, 5.41) is 0. The number of hydrogen-bond acceptors (Lipinski definition) is 0. The summed E-state index contributed by atoms with van der Waals surface area (Å²) >= 11 is 0. The summed E-state index contributed by atoms with van der Waals surface area (Å²) in [5.41, 5.74) is 0. The molecule has 5 heavy (non-hydrogen) atoms. The molecule has 0 aromatic carbocycles. The molecule has 4 heteroatoms. The number of hydrogen-bond donors (Lipinski definition) is 0. The summed E-state index contributed by atoms with van der Waals surface area (Å²) < 4.78 is 0. The fourth-order valence-electron chi connectivity index (χ4n) is 0. The monoisotopic (exact) mass is 125 g/mol. The first-order chi connectivity index (χ1) is 0.